The molecule has 0 aromatic carbocycles. The van der Waals surface area contributed by atoms with Crippen molar-refractivity contribution in [3.63, 3.8) is 0 Å². The number of aromatic nitrogens is 4. The highest BCUT2D eigenvalue weighted by Gasteiger charge is 2.44. The van der Waals surface area contributed by atoms with Crippen LogP contribution in [0.15, 0.2) is 12.3 Å². The molecule has 3 aromatic heterocycles. The minimum Gasteiger partial charge on any atom is -0.390 e. The zero-order valence-electron chi connectivity index (χ0n) is 22.5. The van der Waals surface area contributed by atoms with Gasteiger partial charge in [0.15, 0.2) is 0 Å². The van der Waals surface area contributed by atoms with Crippen LogP contribution in [0.5, 0.6) is 0 Å². The SMILES string of the molecule is CCS(=O)(=O)C[C@H]1C[C@@H](Nc2nc(NCC3(C)CC3)nc(C)c2-c2nc3c(C4CC4)nccc3s2)[C@H](O)[C@@H]1O. The number of thiazole rings is 1. The van der Waals surface area contributed by atoms with Crippen LogP contribution in [0, 0.1) is 18.3 Å². The third kappa shape index (κ3) is 5.48. The minimum atomic E-state index is -3.31. The Labute approximate surface area is 232 Å². The number of pyridine rings is 1. The average Bonchev–Trinajstić information content (AvgIpc) is 3.81. The first-order valence-electron chi connectivity index (χ1n) is 13.8. The second-order valence-electron chi connectivity index (χ2n) is 11.8. The van der Waals surface area contributed by atoms with Crippen LogP contribution in [-0.2, 0) is 9.84 Å². The van der Waals surface area contributed by atoms with E-state index in [1.165, 1.54) is 12.8 Å². The van der Waals surface area contributed by atoms with Crippen molar-refractivity contribution in [2.45, 2.75) is 77.0 Å². The fraction of sp³-hybridized carbons (Fsp3) is 0.630. The maximum Gasteiger partial charge on any atom is 0.224 e. The summed E-state index contributed by atoms with van der Waals surface area (Å²) in [7, 11) is -3.31. The summed E-state index contributed by atoms with van der Waals surface area (Å²) in [6, 6.07) is 1.41. The molecule has 210 valence electrons. The number of anilines is 2. The summed E-state index contributed by atoms with van der Waals surface area (Å²) >= 11 is 1.56. The molecule has 39 heavy (non-hydrogen) atoms. The molecular formula is C27H36N6O4S2. The van der Waals surface area contributed by atoms with Crippen molar-refractivity contribution in [1.29, 1.82) is 0 Å². The van der Waals surface area contributed by atoms with Crippen molar-refractivity contribution in [3.05, 3.63) is 23.7 Å². The highest BCUT2D eigenvalue weighted by atomic mass is 32.2. The van der Waals surface area contributed by atoms with Crippen LogP contribution in [0.25, 0.3) is 20.8 Å². The number of fused-ring (bicyclic) bond motifs is 1. The van der Waals surface area contributed by atoms with E-state index in [9.17, 15) is 18.6 Å². The number of sulfone groups is 1. The topological polar surface area (TPSA) is 150 Å². The van der Waals surface area contributed by atoms with Gasteiger partial charge in [-0.1, -0.05) is 13.8 Å². The van der Waals surface area contributed by atoms with E-state index in [1.54, 1.807) is 18.3 Å². The van der Waals surface area contributed by atoms with Crippen molar-refractivity contribution in [2.75, 3.05) is 28.7 Å². The molecule has 0 unspecified atom stereocenters. The Balaban J connectivity index is 1.36. The molecule has 0 amide bonds. The van der Waals surface area contributed by atoms with Crippen molar-refractivity contribution >= 4 is 43.2 Å². The second kappa shape index (κ2) is 9.90. The molecule has 3 saturated carbocycles. The Morgan fingerprint density at radius 2 is 1.92 bits per heavy atom. The van der Waals surface area contributed by atoms with Crippen molar-refractivity contribution in [2.24, 2.45) is 11.3 Å². The predicted octanol–water partition coefficient (Wildman–Crippen LogP) is 3.50. The Hall–Kier alpha value is -2.41. The molecule has 3 aliphatic carbocycles. The monoisotopic (exact) mass is 572 g/mol. The molecular weight excluding hydrogens is 536 g/mol. The van der Waals surface area contributed by atoms with Gasteiger partial charge in [-0.15, -0.1) is 11.3 Å². The van der Waals surface area contributed by atoms with E-state index in [-0.39, 0.29) is 16.9 Å². The number of nitrogens with one attached hydrogen (secondary N) is 2. The smallest absolute Gasteiger partial charge is 0.224 e. The van der Waals surface area contributed by atoms with Crippen LogP contribution in [0.3, 0.4) is 0 Å². The standard InChI is InChI=1S/C27H36N6O4S2/c1-4-39(36,37)12-16-11-17(23(35)22(16)34)31-24-19(14(2)30-26(33-24)29-13-27(3)8-9-27)25-32-21-18(38-25)7-10-28-20(21)15-5-6-15/h7,10,15-17,22-23,34-35H,4-6,8-9,11-13H2,1-3H3,(H2,29,30,31,33)/t16-,17-,22-,23+/m1/s1. The summed E-state index contributed by atoms with van der Waals surface area (Å²) in [5.41, 5.74) is 3.69. The Bertz CT molecular complexity index is 1500. The number of aliphatic hydroxyl groups excluding tert-OH is 2. The first kappa shape index (κ1) is 26.8. The molecule has 0 radical (unpaired) electrons. The molecule has 4 atom stereocenters. The van der Waals surface area contributed by atoms with E-state index in [0.717, 1.165) is 51.6 Å². The minimum absolute atomic E-state index is 0.00290. The maximum atomic E-state index is 12.3. The Morgan fingerprint density at radius 3 is 2.62 bits per heavy atom. The Morgan fingerprint density at radius 1 is 1.15 bits per heavy atom. The van der Waals surface area contributed by atoms with Gasteiger partial charge in [0.05, 0.1) is 39.5 Å². The summed E-state index contributed by atoms with van der Waals surface area (Å²) in [5.74, 6) is 0.752. The molecule has 3 fully saturated rings. The normalized spacial score (nSPS) is 26.2. The zero-order chi connectivity index (χ0) is 27.5. The predicted molar refractivity (Wildman–Crippen MR) is 153 cm³/mol. The van der Waals surface area contributed by atoms with E-state index in [4.69, 9.17) is 15.0 Å². The van der Waals surface area contributed by atoms with Crippen LogP contribution in [-0.4, -0.2) is 74.9 Å². The fourth-order valence-electron chi connectivity index (χ4n) is 5.38. The molecule has 0 saturated heterocycles. The second-order valence-corrected chi connectivity index (χ2v) is 15.2. The highest BCUT2D eigenvalue weighted by molar-refractivity contribution is 7.91. The van der Waals surface area contributed by atoms with Crippen molar-refractivity contribution in [3.8, 4) is 10.6 Å². The zero-order valence-corrected chi connectivity index (χ0v) is 24.1. The first-order valence-corrected chi connectivity index (χ1v) is 16.4. The summed E-state index contributed by atoms with van der Waals surface area (Å²) in [5, 5.41) is 29.1. The molecule has 6 rings (SSSR count). The van der Waals surface area contributed by atoms with Gasteiger partial charge >= 0.3 is 0 Å². The molecule has 3 aliphatic rings. The van der Waals surface area contributed by atoms with Gasteiger partial charge in [0.2, 0.25) is 5.95 Å². The Kier molecular flexibility index (Phi) is 6.80. The molecule has 12 heteroatoms. The lowest BCUT2D eigenvalue weighted by Crippen LogP contribution is -2.36. The quantitative estimate of drug-likeness (QED) is 0.284. The van der Waals surface area contributed by atoms with E-state index in [0.29, 0.717) is 24.1 Å². The molecule has 0 spiro atoms. The van der Waals surface area contributed by atoms with Gasteiger partial charge in [-0.05, 0) is 50.5 Å². The van der Waals surface area contributed by atoms with Gasteiger partial charge < -0.3 is 20.8 Å². The van der Waals surface area contributed by atoms with Crippen LogP contribution in [0.4, 0.5) is 11.8 Å². The van der Waals surface area contributed by atoms with Gasteiger partial charge in [-0.25, -0.2) is 18.4 Å². The van der Waals surface area contributed by atoms with Gasteiger partial charge in [0.1, 0.15) is 32.3 Å². The third-order valence-corrected chi connectivity index (χ3v) is 11.3. The van der Waals surface area contributed by atoms with E-state index in [1.807, 2.05) is 19.2 Å². The van der Waals surface area contributed by atoms with Gasteiger partial charge in [0, 0.05) is 30.3 Å². The van der Waals surface area contributed by atoms with Crippen LogP contribution < -0.4 is 10.6 Å². The third-order valence-electron chi connectivity index (χ3n) is 8.41. The van der Waals surface area contributed by atoms with E-state index in [2.05, 4.69) is 22.5 Å². The largest absolute Gasteiger partial charge is 0.390 e. The molecule has 10 nitrogen and oxygen atoms in total. The summed E-state index contributed by atoms with van der Waals surface area (Å²) in [6.45, 7) is 6.52. The molecule has 3 heterocycles. The van der Waals surface area contributed by atoms with Crippen LogP contribution in [0.2, 0.25) is 0 Å². The van der Waals surface area contributed by atoms with Crippen LogP contribution in [0.1, 0.15) is 63.3 Å². The number of aryl methyl sites for hydroxylation is 1. The number of nitrogens with zero attached hydrogens (tertiary/aromatic N) is 4. The molecule has 0 aliphatic heterocycles. The molecule has 4 N–H and O–H groups in total. The first-order chi connectivity index (χ1) is 18.6. The summed E-state index contributed by atoms with van der Waals surface area (Å²) in [6.07, 6.45) is 4.46. The van der Waals surface area contributed by atoms with Gasteiger partial charge in [-0.2, -0.15) is 4.98 Å². The lowest BCUT2D eigenvalue weighted by atomic mass is 10.1. The number of hydrogen-bond acceptors (Lipinski definition) is 11. The van der Waals surface area contributed by atoms with Gasteiger partial charge in [-0.3, -0.25) is 4.98 Å². The number of aliphatic hydroxyl groups is 2. The lowest BCUT2D eigenvalue weighted by molar-refractivity contribution is 0.0216. The average molecular weight is 573 g/mol. The van der Waals surface area contributed by atoms with Crippen molar-refractivity contribution in [1.82, 2.24) is 19.9 Å². The molecule has 3 aromatic rings. The fourth-order valence-corrected chi connectivity index (χ4v) is 7.67. The molecule has 0 bridgehead atoms. The van der Waals surface area contributed by atoms with Crippen LogP contribution >= 0.6 is 11.3 Å². The number of hydrogen-bond donors (Lipinski definition) is 4. The highest BCUT2D eigenvalue weighted by Crippen LogP contribution is 2.46. The van der Waals surface area contributed by atoms with E-state index >= 15 is 0 Å². The van der Waals surface area contributed by atoms with E-state index < -0.39 is 34.0 Å². The maximum absolute atomic E-state index is 12.3. The summed E-state index contributed by atoms with van der Waals surface area (Å²) in [4.78, 5) is 19.2. The van der Waals surface area contributed by atoms with Gasteiger partial charge in [0.25, 0.3) is 0 Å². The lowest BCUT2D eigenvalue weighted by Gasteiger charge is -2.21. The number of rotatable bonds is 10. The van der Waals surface area contributed by atoms with Crippen molar-refractivity contribution < 1.29 is 18.6 Å². The summed E-state index contributed by atoms with van der Waals surface area (Å²) < 4.78 is 25.6.